The van der Waals surface area contributed by atoms with Crippen molar-refractivity contribution in [1.82, 2.24) is 4.90 Å². The summed E-state index contributed by atoms with van der Waals surface area (Å²) in [6.07, 6.45) is 0.397. The highest BCUT2D eigenvalue weighted by atomic mass is 16.2. The molecular weight excluding hydrogens is 204 g/mol. The van der Waals surface area contributed by atoms with Crippen molar-refractivity contribution in [1.29, 1.82) is 0 Å². The number of imide groups is 1. The van der Waals surface area contributed by atoms with Crippen LogP contribution < -0.4 is 4.90 Å². The van der Waals surface area contributed by atoms with Gasteiger partial charge in [-0.1, -0.05) is 18.2 Å². The van der Waals surface area contributed by atoms with Crippen molar-refractivity contribution < 1.29 is 9.59 Å². The Bertz CT molecular complexity index is 403. The molecule has 3 amide bonds. The summed E-state index contributed by atoms with van der Waals surface area (Å²) in [4.78, 5) is 26.4. The zero-order chi connectivity index (χ0) is 11.5. The number of amides is 3. The van der Waals surface area contributed by atoms with Crippen LogP contribution in [0.2, 0.25) is 0 Å². The number of carbonyl (C=O) groups is 2. The number of nitrogens with zero attached hydrogens (tertiary/aromatic N) is 2. The van der Waals surface area contributed by atoms with Crippen LogP contribution in [0.4, 0.5) is 10.5 Å². The highest BCUT2D eigenvalue weighted by Crippen LogP contribution is 2.19. The van der Waals surface area contributed by atoms with Crippen molar-refractivity contribution >= 4 is 17.6 Å². The van der Waals surface area contributed by atoms with Gasteiger partial charge in [-0.3, -0.25) is 14.6 Å². The number of carbonyl (C=O) groups excluding carboxylic acids is 2. The van der Waals surface area contributed by atoms with Crippen molar-refractivity contribution in [3.05, 3.63) is 30.3 Å². The van der Waals surface area contributed by atoms with Gasteiger partial charge in [0.25, 0.3) is 0 Å². The molecular formula is C12H14N2O2. The molecule has 0 aromatic heterocycles. The van der Waals surface area contributed by atoms with E-state index in [1.165, 1.54) is 4.90 Å². The number of hydrogen-bond acceptors (Lipinski definition) is 2. The molecule has 1 aromatic rings. The van der Waals surface area contributed by atoms with Gasteiger partial charge in [0.05, 0.1) is 0 Å². The van der Waals surface area contributed by atoms with Gasteiger partial charge in [-0.15, -0.1) is 0 Å². The first-order chi connectivity index (χ1) is 7.74. The predicted molar refractivity (Wildman–Crippen MR) is 61.2 cm³/mol. The smallest absolute Gasteiger partial charge is 0.293 e. The lowest BCUT2D eigenvalue weighted by atomic mass is 10.2. The van der Waals surface area contributed by atoms with E-state index >= 15 is 0 Å². The van der Waals surface area contributed by atoms with Crippen LogP contribution in [0, 0.1) is 0 Å². The van der Waals surface area contributed by atoms with Crippen molar-refractivity contribution in [3.8, 4) is 0 Å². The Hall–Kier alpha value is -1.84. The third-order valence-electron chi connectivity index (χ3n) is 2.70. The highest BCUT2D eigenvalue weighted by Gasteiger charge is 2.31. The second-order valence-corrected chi connectivity index (χ2v) is 3.66. The molecule has 4 nitrogen and oxygen atoms in total. The van der Waals surface area contributed by atoms with E-state index in [9.17, 15) is 9.59 Å². The molecule has 0 radical (unpaired) electrons. The molecule has 16 heavy (non-hydrogen) atoms. The largest absolute Gasteiger partial charge is 0.331 e. The molecule has 1 aliphatic heterocycles. The standard InChI is InChI=1S/C12H14N2O2/c1-2-13-11(15)8-9-14(12(13)16)10-6-4-3-5-7-10/h3-7H,2,8-9H2,1H3. The number of anilines is 1. The van der Waals surface area contributed by atoms with Gasteiger partial charge in [-0.2, -0.15) is 0 Å². The van der Waals surface area contributed by atoms with Crippen molar-refractivity contribution in [3.63, 3.8) is 0 Å². The van der Waals surface area contributed by atoms with E-state index in [1.54, 1.807) is 4.90 Å². The van der Waals surface area contributed by atoms with E-state index in [-0.39, 0.29) is 11.9 Å². The van der Waals surface area contributed by atoms with Gasteiger partial charge >= 0.3 is 6.03 Å². The predicted octanol–water partition coefficient (Wildman–Crippen LogP) is 1.87. The molecule has 2 rings (SSSR count). The number of benzene rings is 1. The topological polar surface area (TPSA) is 40.6 Å². The number of para-hydroxylation sites is 1. The second-order valence-electron chi connectivity index (χ2n) is 3.66. The zero-order valence-electron chi connectivity index (χ0n) is 9.22. The first kappa shape index (κ1) is 10.7. The lowest BCUT2D eigenvalue weighted by Crippen LogP contribution is -2.52. The molecule has 1 aliphatic rings. The fraction of sp³-hybridized carbons (Fsp3) is 0.333. The summed E-state index contributed by atoms with van der Waals surface area (Å²) in [6, 6.07) is 9.21. The molecule has 1 aromatic carbocycles. The van der Waals surface area contributed by atoms with Gasteiger partial charge in [-0.25, -0.2) is 4.79 Å². The monoisotopic (exact) mass is 218 g/mol. The van der Waals surface area contributed by atoms with E-state index in [0.717, 1.165) is 5.69 Å². The molecule has 0 saturated carbocycles. The Labute approximate surface area is 94.5 Å². The van der Waals surface area contributed by atoms with Gasteiger partial charge in [-0.05, 0) is 19.1 Å². The third kappa shape index (κ3) is 1.78. The van der Waals surface area contributed by atoms with Crippen molar-refractivity contribution in [2.75, 3.05) is 18.0 Å². The Morgan fingerprint density at radius 1 is 1.19 bits per heavy atom. The summed E-state index contributed by atoms with van der Waals surface area (Å²) >= 11 is 0. The second kappa shape index (κ2) is 4.35. The number of hydrogen-bond donors (Lipinski definition) is 0. The quantitative estimate of drug-likeness (QED) is 0.760. The van der Waals surface area contributed by atoms with Crippen LogP contribution in [-0.4, -0.2) is 29.9 Å². The maximum absolute atomic E-state index is 12.0. The molecule has 0 spiro atoms. The summed E-state index contributed by atoms with van der Waals surface area (Å²) in [5.41, 5.74) is 0.846. The van der Waals surface area contributed by atoms with Crippen LogP contribution in [-0.2, 0) is 4.79 Å². The summed E-state index contributed by atoms with van der Waals surface area (Å²) < 4.78 is 0. The first-order valence-electron chi connectivity index (χ1n) is 5.41. The van der Waals surface area contributed by atoms with Crippen molar-refractivity contribution in [2.45, 2.75) is 13.3 Å². The molecule has 1 saturated heterocycles. The lowest BCUT2D eigenvalue weighted by Gasteiger charge is -2.33. The molecule has 1 fully saturated rings. The molecule has 0 unspecified atom stereocenters. The van der Waals surface area contributed by atoms with E-state index < -0.39 is 0 Å². The third-order valence-corrected chi connectivity index (χ3v) is 2.70. The Morgan fingerprint density at radius 2 is 1.88 bits per heavy atom. The fourth-order valence-corrected chi connectivity index (χ4v) is 1.85. The van der Waals surface area contributed by atoms with Gasteiger partial charge in [0.1, 0.15) is 0 Å². The Morgan fingerprint density at radius 3 is 2.50 bits per heavy atom. The van der Waals surface area contributed by atoms with Crippen LogP contribution in [0.15, 0.2) is 30.3 Å². The van der Waals surface area contributed by atoms with Crippen LogP contribution in [0.25, 0.3) is 0 Å². The summed E-state index contributed by atoms with van der Waals surface area (Å²) in [5.74, 6) is -0.0836. The minimum Gasteiger partial charge on any atom is -0.293 e. The SMILES string of the molecule is CCN1C(=O)CCN(c2ccccc2)C1=O. The van der Waals surface area contributed by atoms with Gasteiger partial charge in [0, 0.05) is 25.2 Å². The van der Waals surface area contributed by atoms with Crippen LogP contribution in [0.3, 0.4) is 0 Å². The number of rotatable bonds is 2. The van der Waals surface area contributed by atoms with Crippen LogP contribution in [0.1, 0.15) is 13.3 Å². The molecule has 0 aliphatic carbocycles. The summed E-state index contributed by atoms with van der Waals surface area (Å²) in [6.45, 7) is 2.71. The lowest BCUT2D eigenvalue weighted by molar-refractivity contribution is -0.128. The molecule has 84 valence electrons. The maximum atomic E-state index is 12.0. The van der Waals surface area contributed by atoms with Crippen LogP contribution in [0.5, 0.6) is 0 Å². The van der Waals surface area contributed by atoms with Gasteiger partial charge in [0.2, 0.25) is 5.91 Å². The summed E-state index contributed by atoms with van der Waals surface area (Å²) in [5, 5.41) is 0. The average molecular weight is 218 g/mol. The molecule has 1 heterocycles. The number of urea groups is 1. The van der Waals surface area contributed by atoms with E-state index in [0.29, 0.717) is 19.5 Å². The van der Waals surface area contributed by atoms with Gasteiger partial charge < -0.3 is 0 Å². The van der Waals surface area contributed by atoms with Crippen molar-refractivity contribution in [2.24, 2.45) is 0 Å². The zero-order valence-corrected chi connectivity index (χ0v) is 9.22. The molecule has 0 N–H and O–H groups in total. The molecule has 0 bridgehead atoms. The Kier molecular flexibility index (Phi) is 2.90. The minimum absolute atomic E-state index is 0.0836. The van der Waals surface area contributed by atoms with E-state index in [1.807, 2.05) is 37.3 Å². The van der Waals surface area contributed by atoms with E-state index in [2.05, 4.69) is 0 Å². The fourth-order valence-electron chi connectivity index (χ4n) is 1.85. The normalized spacial score (nSPS) is 16.8. The molecule has 0 atom stereocenters. The minimum atomic E-state index is -0.218. The first-order valence-corrected chi connectivity index (χ1v) is 5.41. The molecule has 4 heteroatoms. The Balaban J connectivity index is 2.24. The van der Waals surface area contributed by atoms with Crippen LogP contribution >= 0.6 is 0 Å². The van der Waals surface area contributed by atoms with E-state index in [4.69, 9.17) is 0 Å². The highest BCUT2D eigenvalue weighted by molar-refractivity contribution is 6.05. The van der Waals surface area contributed by atoms with Gasteiger partial charge in [0.15, 0.2) is 0 Å². The maximum Gasteiger partial charge on any atom is 0.331 e. The average Bonchev–Trinajstić information content (AvgIpc) is 2.31. The summed E-state index contributed by atoms with van der Waals surface area (Å²) in [7, 11) is 0.